The third kappa shape index (κ3) is 3.19. The van der Waals surface area contributed by atoms with Gasteiger partial charge in [0.1, 0.15) is 11.9 Å². The largest absolute Gasteiger partial charge is 0.496 e. The van der Waals surface area contributed by atoms with Gasteiger partial charge in [0.2, 0.25) is 0 Å². The van der Waals surface area contributed by atoms with Gasteiger partial charge in [0, 0.05) is 0 Å². The van der Waals surface area contributed by atoms with Crippen LogP contribution in [0.3, 0.4) is 0 Å². The normalized spacial score (nSPS) is 19.4. The molecular formula is C16H22O4. The number of carbonyl (C=O) groups excluding carboxylic acids is 1. The first-order valence-corrected chi connectivity index (χ1v) is 7.18. The summed E-state index contributed by atoms with van der Waals surface area (Å²) in [6.45, 7) is 0. The van der Waals surface area contributed by atoms with Crippen molar-refractivity contribution in [2.45, 2.75) is 44.3 Å². The second kappa shape index (κ2) is 6.86. The molecule has 0 unspecified atom stereocenters. The molecule has 2 N–H and O–H groups in total. The van der Waals surface area contributed by atoms with Crippen molar-refractivity contribution in [1.29, 1.82) is 0 Å². The molecule has 4 nitrogen and oxygen atoms in total. The van der Waals surface area contributed by atoms with E-state index in [9.17, 15) is 15.0 Å². The Kier molecular flexibility index (Phi) is 5.15. The minimum Gasteiger partial charge on any atom is -0.496 e. The summed E-state index contributed by atoms with van der Waals surface area (Å²) >= 11 is 0. The first-order valence-electron chi connectivity index (χ1n) is 7.18. The zero-order chi connectivity index (χ0) is 14.5. The summed E-state index contributed by atoms with van der Waals surface area (Å²) in [4.78, 5) is 12.3. The highest BCUT2D eigenvalue weighted by molar-refractivity contribution is 6.02. The number of methoxy groups -OCH3 is 1. The van der Waals surface area contributed by atoms with Gasteiger partial charge in [0.25, 0.3) is 0 Å². The summed E-state index contributed by atoms with van der Waals surface area (Å²) in [6, 6.07) is 6.76. The number of hydrogen-bond donors (Lipinski definition) is 2. The molecule has 2 atom stereocenters. The lowest BCUT2D eigenvalue weighted by atomic mass is 9.82. The summed E-state index contributed by atoms with van der Waals surface area (Å²) in [6.07, 6.45) is 2.64. The second-order valence-corrected chi connectivity index (χ2v) is 5.40. The van der Waals surface area contributed by atoms with Gasteiger partial charge in [-0.25, -0.2) is 0 Å². The molecule has 0 aromatic heterocycles. The molecule has 4 heteroatoms. The molecule has 0 radical (unpaired) electrons. The number of hydrogen-bond acceptors (Lipinski definition) is 4. The molecule has 0 spiro atoms. The van der Waals surface area contributed by atoms with Crippen LogP contribution in [0.5, 0.6) is 5.75 Å². The average molecular weight is 278 g/mol. The molecule has 1 aromatic rings. The number of ketones is 1. The molecule has 2 rings (SSSR count). The fraction of sp³-hybridized carbons (Fsp3) is 0.562. The van der Waals surface area contributed by atoms with E-state index in [-0.39, 0.29) is 5.92 Å². The van der Waals surface area contributed by atoms with E-state index in [1.807, 2.05) is 0 Å². The Hall–Kier alpha value is -1.39. The number of carbonyl (C=O) groups is 1. The predicted molar refractivity (Wildman–Crippen MR) is 75.9 cm³/mol. The second-order valence-electron chi connectivity index (χ2n) is 5.40. The van der Waals surface area contributed by atoms with Crippen LogP contribution in [0.2, 0.25) is 0 Å². The van der Waals surface area contributed by atoms with Gasteiger partial charge in [-0.05, 0) is 30.9 Å². The fourth-order valence-electron chi connectivity index (χ4n) is 2.90. The van der Waals surface area contributed by atoms with Gasteiger partial charge in [-0.3, -0.25) is 4.79 Å². The summed E-state index contributed by atoms with van der Waals surface area (Å²) in [5.41, 5.74) is 0.317. The Morgan fingerprint density at radius 1 is 1.20 bits per heavy atom. The monoisotopic (exact) mass is 278 g/mol. The zero-order valence-corrected chi connectivity index (χ0v) is 11.8. The summed E-state index contributed by atoms with van der Waals surface area (Å²) in [5.74, 6) is -0.0367. The van der Waals surface area contributed by atoms with Crippen LogP contribution >= 0.6 is 0 Å². The van der Waals surface area contributed by atoms with Crippen molar-refractivity contribution < 1.29 is 19.7 Å². The Bertz CT molecular complexity index is 452. The van der Waals surface area contributed by atoms with Gasteiger partial charge in [0.15, 0.2) is 5.78 Å². The highest BCUT2D eigenvalue weighted by Gasteiger charge is 2.33. The number of para-hydroxylation sites is 1. The molecular weight excluding hydrogens is 256 g/mol. The van der Waals surface area contributed by atoms with Crippen LogP contribution in [0.1, 0.15) is 42.5 Å². The van der Waals surface area contributed by atoms with Crippen molar-refractivity contribution in [3.05, 3.63) is 29.8 Å². The highest BCUT2D eigenvalue weighted by atomic mass is 16.5. The maximum absolute atomic E-state index is 12.3. The molecule has 1 fully saturated rings. The number of rotatable bonds is 5. The molecule has 1 aromatic carbocycles. The first-order chi connectivity index (χ1) is 9.65. The number of ether oxygens (including phenoxy) is 1. The van der Waals surface area contributed by atoms with Crippen molar-refractivity contribution in [2.75, 3.05) is 7.11 Å². The van der Waals surface area contributed by atoms with Crippen LogP contribution in [0.4, 0.5) is 0 Å². The molecule has 0 saturated heterocycles. The zero-order valence-electron chi connectivity index (χ0n) is 11.8. The maximum atomic E-state index is 12.3. The smallest absolute Gasteiger partial charge is 0.197 e. The Balaban J connectivity index is 2.11. The summed E-state index contributed by atoms with van der Waals surface area (Å²) < 4.78 is 5.13. The van der Waals surface area contributed by atoms with E-state index in [4.69, 9.17) is 4.74 Å². The van der Waals surface area contributed by atoms with E-state index in [1.54, 1.807) is 24.3 Å². The van der Waals surface area contributed by atoms with E-state index >= 15 is 0 Å². The molecule has 20 heavy (non-hydrogen) atoms. The summed E-state index contributed by atoms with van der Waals surface area (Å²) in [5, 5.41) is 20.4. The van der Waals surface area contributed by atoms with Crippen molar-refractivity contribution in [3.8, 4) is 5.75 Å². The van der Waals surface area contributed by atoms with Crippen LogP contribution in [0.25, 0.3) is 0 Å². The van der Waals surface area contributed by atoms with Crippen molar-refractivity contribution in [2.24, 2.45) is 5.92 Å². The first kappa shape index (κ1) is 15.0. The van der Waals surface area contributed by atoms with Crippen LogP contribution in [0.15, 0.2) is 24.3 Å². The number of aliphatic hydroxyl groups excluding tert-OH is 2. The average Bonchev–Trinajstić information content (AvgIpc) is 2.53. The molecule has 0 bridgehead atoms. The van der Waals surface area contributed by atoms with E-state index in [0.29, 0.717) is 11.3 Å². The molecule has 1 aliphatic carbocycles. The maximum Gasteiger partial charge on any atom is 0.197 e. The van der Waals surface area contributed by atoms with Gasteiger partial charge in [0.05, 0.1) is 18.8 Å². The third-order valence-electron chi connectivity index (χ3n) is 4.10. The van der Waals surface area contributed by atoms with Gasteiger partial charge in [-0.15, -0.1) is 0 Å². The van der Waals surface area contributed by atoms with E-state index in [1.165, 1.54) is 13.5 Å². The van der Waals surface area contributed by atoms with E-state index in [2.05, 4.69) is 0 Å². The van der Waals surface area contributed by atoms with Crippen molar-refractivity contribution >= 4 is 5.78 Å². The van der Waals surface area contributed by atoms with Gasteiger partial charge in [-0.1, -0.05) is 31.4 Å². The Morgan fingerprint density at radius 3 is 2.50 bits per heavy atom. The van der Waals surface area contributed by atoms with E-state index < -0.39 is 18.0 Å². The van der Waals surface area contributed by atoms with Crippen molar-refractivity contribution in [3.63, 3.8) is 0 Å². The predicted octanol–water partition coefficient (Wildman–Crippen LogP) is 2.18. The lowest BCUT2D eigenvalue weighted by Gasteiger charge is -2.29. The quantitative estimate of drug-likeness (QED) is 0.810. The summed E-state index contributed by atoms with van der Waals surface area (Å²) in [7, 11) is 1.48. The molecule has 0 amide bonds. The topological polar surface area (TPSA) is 66.8 Å². The van der Waals surface area contributed by atoms with Gasteiger partial charge in [-0.2, -0.15) is 0 Å². The number of Topliss-reactive ketones (excluding diaryl/α,β-unsaturated/α-hetero) is 1. The lowest BCUT2D eigenvalue weighted by Crippen LogP contribution is -2.40. The SMILES string of the molecule is COc1ccccc1C(=O)[C@H](O)[C@@H](O)C1CCCCC1. The molecule has 0 heterocycles. The van der Waals surface area contributed by atoms with Crippen LogP contribution in [-0.4, -0.2) is 35.3 Å². The minimum atomic E-state index is -1.38. The number of benzene rings is 1. The minimum absolute atomic E-state index is 0.0115. The molecule has 1 saturated carbocycles. The van der Waals surface area contributed by atoms with Crippen LogP contribution in [0, 0.1) is 5.92 Å². The molecule has 0 aliphatic heterocycles. The van der Waals surface area contributed by atoms with Crippen LogP contribution < -0.4 is 4.74 Å². The van der Waals surface area contributed by atoms with Gasteiger partial charge >= 0.3 is 0 Å². The van der Waals surface area contributed by atoms with E-state index in [0.717, 1.165) is 25.7 Å². The standard InChI is InChI=1S/C16H22O4/c1-20-13-10-6-5-9-12(13)15(18)16(19)14(17)11-7-3-2-4-8-11/h5-6,9-11,14,16-17,19H,2-4,7-8H2,1H3/t14-,16+/m0/s1. The molecule has 110 valence electrons. The van der Waals surface area contributed by atoms with Gasteiger partial charge < -0.3 is 14.9 Å². The fourth-order valence-corrected chi connectivity index (χ4v) is 2.90. The van der Waals surface area contributed by atoms with Crippen molar-refractivity contribution in [1.82, 2.24) is 0 Å². The van der Waals surface area contributed by atoms with Crippen LogP contribution in [-0.2, 0) is 0 Å². The third-order valence-corrected chi connectivity index (χ3v) is 4.10. The highest BCUT2D eigenvalue weighted by Crippen LogP contribution is 2.29. The Morgan fingerprint density at radius 2 is 1.85 bits per heavy atom. The Labute approximate surface area is 119 Å². The lowest BCUT2D eigenvalue weighted by molar-refractivity contribution is -0.0158. The molecule has 1 aliphatic rings. The number of aliphatic hydroxyl groups is 2.